The number of rotatable bonds is 5. The van der Waals surface area contributed by atoms with Crippen molar-refractivity contribution in [2.45, 2.75) is 31.7 Å². The molecule has 27 heavy (non-hydrogen) atoms. The van der Waals surface area contributed by atoms with E-state index < -0.39 is 0 Å². The van der Waals surface area contributed by atoms with E-state index >= 15 is 0 Å². The molecule has 2 aromatic heterocycles. The Morgan fingerprint density at radius 2 is 2.11 bits per heavy atom. The normalized spacial score (nSPS) is 19.7. The maximum atomic E-state index is 11.5. The number of aromatic nitrogens is 5. The summed E-state index contributed by atoms with van der Waals surface area (Å²) in [4.78, 5) is 20.4. The van der Waals surface area contributed by atoms with Crippen molar-refractivity contribution in [2.75, 3.05) is 12.4 Å². The summed E-state index contributed by atoms with van der Waals surface area (Å²) in [5.74, 6) is 0.933. The molecule has 1 amide bonds. The van der Waals surface area contributed by atoms with Crippen molar-refractivity contribution in [2.24, 2.45) is 11.7 Å². The van der Waals surface area contributed by atoms with Crippen molar-refractivity contribution < 1.29 is 9.53 Å². The van der Waals surface area contributed by atoms with Gasteiger partial charge in [-0.2, -0.15) is 9.67 Å². The second kappa shape index (κ2) is 7.18. The van der Waals surface area contributed by atoms with Gasteiger partial charge in [0, 0.05) is 12.0 Å². The standard InChI is InChI=1S/C18H21N7O2/c1-27-14-7-5-13(6-8-14)25-17-15(23-24-25)10-20-18(22-17)21-12-4-2-3-11(9-12)16(19)26/h5-8,10-12H,2-4,9H2,1H3,(H2,19,26)(H,20,21,22)/t11-,12?/m1/s1. The van der Waals surface area contributed by atoms with Gasteiger partial charge in [0.2, 0.25) is 11.9 Å². The molecule has 1 aliphatic carbocycles. The zero-order chi connectivity index (χ0) is 18.8. The Bertz CT molecular complexity index is 954. The first-order valence-electron chi connectivity index (χ1n) is 8.93. The lowest BCUT2D eigenvalue weighted by molar-refractivity contribution is -0.122. The maximum absolute atomic E-state index is 11.5. The molecule has 1 aromatic carbocycles. The lowest BCUT2D eigenvalue weighted by Crippen LogP contribution is -2.34. The topological polar surface area (TPSA) is 121 Å². The summed E-state index contributed by atoms with van der Waals surface area (Å²) in [6.07, 6.45) is 5.11. The van der Waals surface area contributed by atoms with E-state index in [2.05, 4.69) is 25.6 Å². The van der Waals surface area contributed by atoms with E-state index in [9.17, 15) is 4.79 Å². The van der Waals surface area contributed by atoms with Crippen molar-refractivity contribution in [1.29, 1.82) is 0 Å². The molecule has 1 unspecified atom stereocenters. The van der Waals surface area contributed by atoms with E-state index in [-0.39, 0.29) is 17.9 Å². The van der Waals surface area contributed by atoms with E-state index in [0.29, 0.717) is 23.5 Å². The van der Waals surface area contributed by atoms with E-state index in [1.807, 2.05) is 24.3 Å². The van der Waals surface area contributed by atoms with Crippen LogP contribution >= 0.6 is 0 Å². The lowest BCUT2D eigenvalue weighted by Gasteiger charge is -2.27. The van der Waals surface area contributed by atoms with Gasteiger partial charge in [-0.15, -0.1) is 5.10 Å². The van der Waals surface area contributed by atoms with Crippen LogP contribution < -0.4 is 15.8 Å². The molecule has 2 atom stereocenters. The van der Waals surface area contributed by atoms with Gasteiger partial charge >= 0.3 is 0 Å². The fraction of sp³-hybridized carbons (Fsp3) is 0.389. The van der Waals surface area contributed by atoms with Crippen LogP contribution in [-0.4, -0.2) is 44.0 Å². The van der Waals surface area contributed by atoms with Crippen LogP contribution in [0.5, 0.6) is 5.75 Å². The number of amides is 1. The number of nitrogens with two attached hydrogens (primary N) is 1. The van der Waals surface area contributed by atoms with Crippen molar-refractivity contribution in [3.63, 3.8) is 0 Å². The van der Waals surface area contributed by atoms with E-state index in [4.69, 9.17) is 10.5 Å². The first-order chi connectivity index (χ1) is 13.1. The van der Waals surface area contributed by atoms with Crippen molar-refractivity contribution >= 4 is 23.0 Å². The fourth-order valence-electron chi connectivity index (χ4n) is 3.46. The smallest absolute Gasteiger partial charge is 0.225 e. The molecular formula is C18H21N7O2. The molecule has 0 aliphatic heterocycles. The quantitative estimate of drug-likeness (QED) is 0.703. The molecule has 1 aliphatic rings. The summed E-state index contributed by atoms with van der Waals surface area (Å²) in [6.45, 7) is 0. The van der Waals surface area contributed by atoms with Crippen LogP contribution in [0.2, 0.25) is 0 Å². The molecule has 9 nitrogen and oxygen atoms in total. The van der Waals surface area contributed by atoms with Gasteiger partial charge in [-0.1, -0.05) is 11.6 Å². The number of hydrogen-bond donors (Lipinski definition) is 2. The molecule has 3 N–H and O–H groups in total. The molecule has 1 saturated carbocycles. The van der Waals surface area contributed by atoms with Crippen molar-refractivity contribution in [3.05, 3.63) is 30.5 Å². The largest absolute Gasteiger partial charge is 0.497 e. The Morgan fingerprint density at radius 1 is 1.30 bits per heavy atom. The average molecular weight is 367 g/mol. The number of methoxy groups -OCH3 is 1. The summed E-state index contributed by atoms with van der Waals surface area (Å²) in [5, 5.41) is 11.6. The van der Waals surface area contributed by atoms with Gasteiger partial charge in [0.25, 0.3) is 0 Å². The molecule has 0 saturated heterocycles. The molecule has 2 heterocycles. The highest BCUT2D eigenvalue weighted by Gasteiger charge is 2.26. The fourth-order valence-corrected chi connectivity index (χ4v) is 3.46. The Kier molecular flexibility index (Phi) is 4.57. The van der Waals surface area contributed by atoms with Gasteiger partial charge in [0.15, 0.2) is 11.2 Å². The Morgan fingerprint density at radius 3 is 2.85 bits per heavy atom. The number of anilines is 1. The summed E-state index contributed by atoms with van der Waals surface area (Å²) >= 11 is 0. The summed E-state index contributed by atoms with van der Waals surface area (Å²) in [5.41, 5.74) is 7.51. The molecule has 1 fully saturated rings. The number of primary amides is 1. The highest BCUT2D eigenvalue weighted by atomic mass is 16.5. The minimum absolute atomic E-state index is 0.0912. The second-order valence-electron chi connectivity index (χ2n) is 6.71. The van der Waals surface area contributed by atoms with Gasteiger partial charge < -0.3 is 15.8 Å². The van der Waals surface area contributed by atoms with Crippen LogP contribution in [0.15, 0.2) is 30.5 Å². The Labute approximate surface area is 155 Å². The van der Waals surface area contributed by atoms with Crippen LogP contribution in [0.25, 0.3) is 16.9 Å². The molecule has 140 valence electrons. The Hall–Kier alpha value is -3.23. The van der Waals surface area contributed by atoms with Crippen LogP contribution in [0.4, 0.5) is 5.95 Å². The molecule has 3 aromatic rings. The Balaban J connectivity index is 1.59. The SMILES string of the molecule is COc1ccc(-n2nnc3cnc(NC4CCC[C@@H](C(N)=O)C4)nc32)cc1. The van der Waals surface area contributed by atoms with E-state index in [1.165, 1.54) is 0 Å². The molecular weight excluding hydrogens is 346 g/mol. The number of benzene rings is 1. The van der Waals surface area contributed by atoms with Crippen molar-refractivity contribution in [3.8, 4) is 11.4 Å². The summed E-state index contributed by atoms with van der Waals surface area (Å²) in [7, 11) is 1.62. The van der Waals surface area contributed by atoms with E-state index in [0.717, 1.165) is 30.7 Å². The van der Waals surface area contributed by atoms with Gasteiger partial charge in [-0.25, -0.2) is 4.98 Å². The molecule has 0 radical (unpaired) electrons. The third-order valence-corrected chi connectivity index (χ3v) is 4.92. The molecule has 0 bridgehead atoms. The number of carbonyl (C=O) groups excluding carboxylic acids is 1. The predicted molar refractivity (Wildman–Crippen MR) is 99.6 cm³/mol. The first kappa shape index (κ1) is 17.2. The first-order valence-corrected chi connectivity index (χ1v) is 8.93. The van der Waals surface area contributed by atoms with Crippen LogP contribution in [0.3, 0.4) is 0 Å². The van der Waals surface area contributed by atoms with E-state index in [1.54, 1.807) is 18.0 Å². The lowest BCUT2D eigenvalue weighted by atomic mass is 9.85. The van der Waals surface area contributed by atoms with Crippen LogP contribution in [-0.2, 0) is 4.79 Å². The summed E-state index contributed by atoms with van der Waals surface area (Å²) < 4.78 is 6.85. The molecule has 9 heteroatoms. The third kappa shape index (κ3) is 3.53. The number of fused-ring (bicyclic) bond motifs is 1. The molecule has 0 spiro atoms. The van der Waals surface area contributed by atoms with Gasteiger partial charge in [-0.3, -0.25) is 4.79 Å². The monoisotopic (exact) mass is 367 g/mol. The second-order valence-corrected chi connectivity index (χ2v) is 6.71. The zero-order valence-corrected chi connectivity index (χ0v) is 15.0. The predicted octanol–water partition coefficient (Wildman–Crippen LogP) is 1.68. The number of hydrogen-bond acceptors (Lipinski definition) is 7. The molecule has 4 rings (SSSR count). The number of carbonyl (C=O) groups is 1. The van der Waals surface area contributed by atoms with Gasteiger partial charge in [0.05, 0.1) is 19.0 Å². The van der Waals surface area contributed by atoms with Gasteiger partial charge in [-0.05, 0) is 43.5 Å². The number of nitrogens with one attached hydrogen (secondary N) is 1. The number of nitrogens with zero attached hydrogens (tertiary/aromatic N) is 5. The number of ether oxygens (including phenoxy) is 1. The minimum atomic E-state index is -0.236. The summed E-state index contributed by atoms with van der Waals surface area (Å²) in [6, 6.07) is 7.62. The maximum Gasteiger partial charge on any atom is 0.225 e. The zero-order valence-electron chi connectivity index (χ0n) is 15.0. The van der Waals surface area contributed by atoms with Crippen LogP contribution in [0.1, 0.15) is 25.7 Å². The van der Waals surface area contributed by atoms with Crippen LogP contribution in [0, 0.1) is 5.92 Å². The highest BCUT2D eigenvalue weighted by Crippen LogP contribution is 2.26. The highest BCUT2D eigenvalue weighted by molar-refractivity contribution is 5.77. The minimum Gasteiger partial charge on any atom is -0.497 e. The van der Waals surface area contributed by atoms with Crippen molar-refractivity contribution in [1.82, 2.24) is 25.0 Å². The average Bonchev–Trinajstić information content (AvgIpc) is 3.11. The third-order valence-electron chi connectivity index (χ3n) is 4.92. The van der Waals surface area contributed by atoms with Gasteiger partial charge in [0.1, 0.15) is 5.75 Å².